The Morgan fingerprint density at radius 3 is 2.58 bits per heavy atom. The Morgan fingerprint density at radius 1 is 1.26 bits per heavy atom. The van der Waals surface area contributed by atoms with Crippen molar-refractivity contribution < 1.29 is 9.53 Å². The lowest BCUT2D eigenvalue weighted by molar-refractivity contribution is -0.130. The molecule has 5 nitrogen and oxygen atoms in total. The fourth-order valence-electron chi connectivity index (χ4n) is 3.09. The first-order valence-electron chi connectivity index (χ1n) is 7.55. The molecule has 0 unspecified atom stereocenters. The number of morpholine rings is 1. The van der Waals surface area contributed by atoms with Gasteiger partial charge in [-0.15, -0.1) is 0 Å². The number of nitrogens with zero attached hydrogens (tertiary/aromatic N) is 1. The second kappa shape index (κ2) is 7.22. The topological polar surface area (TPSA) is 67.6 Å². The minimum absolute atomic E-state index is 0.175. The van der Waals surface area contributed by atoms with E-state index in [1.165, 1.54) is 0 Å². The first kappa shape index (κ1) is 14.8. The molecule has 5 heteroatoms. The standard InChI is InChI=1S/C14H27N3O2/c15-12-14(4-1-2-5-14)13(18)16-6-3-7-17-8-10-19-11-9-17/h1-12,15H2,(H,16,18). The van der Waals surface area contributed by atoms with E-state index in [4.69, 9.17) is 10.5 Å². The van der Waals surface area contributed by atoms with Crippen molar-refractivity contribution in [3.8, 4) is 0 Å². The van der Waals surface area contributed by atoms with Crippen LogP contribution in [-0.4, -0.2) is 56.7 Å². The molecule has 0 spiro atoms. The van der Waals surface area contributed by atoms with Gasteiger partial charge in [-0.25, -0.2) is 0 Å². The van der Waals surface area contributed by atoms with Crippen molar-refractivity contribution in [1.82, 2.24) is 10.2 Å². The van der Waals surface area contributed by atoms with Crippen LogP contribution in [0.1, 0.15) is 32.1 Å². The number of carbonyl (C=O) groups excluding carboxylic acids is 1. The van der Waals surface area contributed by atoms with Crippen molar-refractivity contribution in [1.29, 1.82) is 0 Å². The van der Waals surface area contributed by atoms with Crippen LogP contribution in [0, 0.1) is 5.41 Å². The number of hydrogen-bond donors (Lipinski definition) is 2. The summed E-state index contributed by atoms with van der Waals surface area (Å²) in [6.07, 6.45) is 5.20. The third kappa shape index (κ3) is 3.91. The molecule has 2 fully saturated rings. The molecule has 0 atom stereocenters. The molecule has 1 aliphatic heterocycles. The van der Waals surface area contributed by atoms with E-state index in [9.17, 15) is 4.79 Å². The van der Waals surface area contributed by atoms with E-state index in [1.807, 2.05) is 0 Å². The number of hydrogen-bond acceptors (Lipinski definition) is 4. The van der Waals surface area contributed by atoms with Crippen LogP contribution in [0.3, 0.4) is 0 Å². The summed E-state index contributed by atoms with van der Waals surface area (Å²) in [6.45, 7) is 5.99. The Kier molecular flexibility index (Phi) is 5.60. The largest absolute Gasteiger partial charge is 0.379 e. The van der Waals surface area contributed by atoms with Crippen molar-refractivity contribution in [2.45, 2.75) is 32.1 Å². The highest BCUT2D eigenvalue weighted by atomic mass is 16.5. The second-order valence-electron chi connectivity index (χ2n) is 5.76. The maximum Gasteiger partial charge on any atom is 0.227 e. The van der Waals surface area contributed by atoms with Crippen molar-refractivity contribution >= 4 is 5.91 Å². The van der Waals surface area contributed by atoms with E-state index in [-0.39, 0.29) is 11.3 Å². The zero-order valence-corrected chi connectivity index (χ0v) is 11.8. The summed E-state index contributed by atoms with van der Waals surface area (Å²) >= 11 is 0. The maximum absolute atomic E-state index is 12.2. The number of amides is 1. The van der Waals surface area contributed by atoms with Gasteiger partial charge < -0.3 is 15.8 Å². The number of nitrogens with one attached hydrogen (secondary N) is 1. The zero-order valence-electron chi connectivity index (χ0n) is 11.8. The molecule has 1 amide bonds. The molecule has 2 aliphatic rings. The van der Waals surface area contributed by atoms with Crippen molar-refractivity contribution in [2.75, 3.05) is 45.9 Å². The van der Waals surface area contributed by atoms with Gasteiger partial charge in [0.25, 0.3) is 0 Å². The lowest BCUT2D eigenvalue weighted by Crippen LogP contribution is -2.45. The Labute approximate surface area is 115 Å². The molecule has 1 aliphatic carbocycles. The van der Waals surface area contributed by atoms with Crippen molar-refractivity contribution in [2.24, 2.45) is 11.1 Å². The Balaban J connectivity index is 1.63. The SMILES string of the molecule is NCC1(C(=O)NCCCN2CCOCC2)CCCC1. The van der Waals surface area contributed by atoms with E-state index in [0.717, 1.165) is 71.5 Å². The Morgan fingerprint density at radius 2 is 1.95 bits per heavy atom. The Hall–Kier alpha value is -0.650. The van der Waals surface area contributed by atoms with Crippen LogP contribution < -0.4 is 11.1 Å². The van der Waals surface area contributed by atoms with Gasteiger partial charge in [-0.3, -0.25) is 9.69 Å². The fraction of sp³-hybridized carbons (Fsp3) is 0.929. The minimum Gasteiger partial charge on any atom is -0.379 e. The normalized spacial score (nSPS) is 23.4. The van der Waals surface area contributed by atoms with Crippen LogP contribution >= 0.6 is 0 Å². The van der Waals surface area contributed by atoms with Gasteiger partial charge in [-0.1, -0.05) is 12.8 Å². The molecule has 0 radical (unpaired) electrons. The molecule has 1 saturated heterocycles. The lowest BCUT2D eigenvalue weighted by atomic mass is 9.85. The summed E-state index contributed by atoms with van der Waals surface area (Å²) in [5.74, 6) is 0.175. The Bertz CT molecular complexity index is 284. The van der Waals surface area contributed by atoms with Gasteiger partial charge in [-0.05, 0) is 25.8 Å². The smallest absolute Gasteiger partial charge is 0.227 e. The first-order valence-corrected chi connectivity index (χ1v) is 7.55. The summed E-state index contributed by atoms with van der Waals surface area (Å²) in [4.78, 5) is 14.6. The van der Waals surface area contributed by atoms with Crippen LogP contribution in [0.4, 0.5) is 0 Å². The number of ether oxygens (including phenoxy) is 1. The van der Waals surface area contributed by atoms with Gasteiger partial charge in [0.05, 0.1) is 18.6 Å². The van der Waals surface area contributed by atoms with E-state index in [2.05, 4.69) is 10.2 Å². The van der Waals surface area contributed by atoms with Gasteiger partial charge in [0.1, 0.15) is 0 Å². The highest BCUT2D eigenvalue weighted by molar-refractivity contribution is 5.83. The molecular weight excluding hydrogens is 242 g/mol. The van der Waals surface area contributed by atoms with E-state index >= 15 is 0 Å². The maximum atomic E-state index is 12.2. The van der Waals surface area contributed by atoms with Crippen molar-refractivity contribution in [3.63, 3.8) is 0 Å². The van der Waals surface area contributed by atoms with E-state index in [1.54, 1.807) is 0 Å². The van der Waals surface area contributed by atoms with Gasteiger partial charge in [0.2, 0.25) is 5.91 Å². The average molecular weight is 269 g/mol. The van der Waals surface area contributed by atoms with Crippen LogP contribution in [0.2, 0.25) is 0 Å². The second-order valence-corrected chi connectivity index (χ2v) is 5.76. The summed E-state index contributed by atoms with van der Waals surface area (Å²) in [5.41, 5.74) is 5.54. The zero-order chi connectivity index (χ0) is 13.6. The van der Waals surface area contributed by atoms with E-state index in [0.29, 0.717) is 6.54 Å². The molecule has 0 aromatic carbocycles. The predicted octanol–water partition coefficient (Wildman–Crippen LogP) is 0.344. The summed E-state index contributed by atoms with van der Waals surface area (Å²) < 4.78 is 5.31. The number of nitrogens with two attached hydrogens (primary N) is 1. The molecule has 1 saturated carbocycles. The van der Waals surface area contributed by atoms with Gasteiger partial charge in [0.15, 0.2) is 0 Å². The lowest BCUT2D eigenvalue weighted by Gasteiger charge is -2.28. The highest BCUT2D eigenvalue weighted by Gasteiger charge is 2.39. The molecule has 0 bridgehead atoms. The predicted molar refractivity (Wildman–Crippen MR) is 74.8 cm³/mol. The molecule has 3 N–H and O–H groups in total. The molecule has 0 aromatic rings. The summed E-state index contributed by atoms with van der Waals surface area (Å²) in [7, 11) is 0. The minimum atomic E-state index is -0.265. The molecule has 0 aromatic heterocycles. The third-order valence-corrected chi connectivity index (χ3v) is 4.47. The van der Waals surface area contributed by atoms with Gasteiger partial charge in [0, 0.05) is 26.2 Å². The van der Waals surface area contributed by atoms with Crippen LogP contribution in [0.15, 0.2) is 0 Å². The van der Waals surface area contributed by atoms with Gasteiger partial charge >= 0.3 is 0 Å². The average Bonchev–Trinajstić information content (AvgIpc) is 2.94. The van der Waals surface area contributed by atoms with E-state index < -0.39 is 0 Å². The van der Waals surface area contributed by atoms with Crippen LogP contribution in [0.5, 0.6) is 0 Å². The van der Waals surface area contributed by atoms with Crippen molar-refractivity contribution in [3.05, 3.63) is 0 Å². The van der Waals surface area contributed by atoms with Crippen LogP contribution in [0.25, 0.3) is 0 Å². The molecule has 1 heterocycles. The van der Waals surface area contributed by atoms with Crippen LogP contribution in [-0.2, 0) is 9.53 Å². The summed E-state index contributed by atoms with van der Waals surface area (Å²) in [5, 5.41) is 3.08. The molecule has 2 rings (SSSR count). The quantitative estimate of drug-likeness (QED) is 0.683. The number of carbonyl (C=O) groups is 1. The third-order valence-electron chi connectivity index (χ3n) is 4.47. The molecule has 110 valence electrons. The fourth-order valence-corrected chi connectivity index (χ4v) is 3.09. The molecule has 19 heavy (non-hydrogen) atoms. The van der Waals surface area contributed by atoms with Gasteiger partial charge in [-0.2, -0.15) is 0 Å². The summed E-state index contributed by atoms with van der Waals surface area (Å²) in [6, 6.07) is 0. The highest BCUT2D eigenvalue weighted by Crippen LogP contribution is 2.37. The first-order chi connectivity index (χ1) is 9.27. The number of rotatable bonds is 6. The molecular formula is C14H27N3O2. The monoisotopic (exact) mass is 269 g/mol.